The predicted molar refractivity (Wildman–Crippen MR) is 153 cm³/mol. The molecule has 2 rings (SSSR count). The molecule has 2 aromatic rings. The van der Waals surface area contributed by atoms with Crippen molar-refractivity contribution in [3.8, 4) is 0 Å². The summed E-state index contributed by atoms with van der Waals surface area (Å²) in [5.74, 6) is 0.212. The Morgan fingerprint density at radius 1 is 1.08 bits per heavy atom. The Morgan fingerprint density at radius 2 is 1.75 bits per heavy atom. The molecule has 0 aliphatic heterocycles. The van der Waals surface area contributed by atoms with Crippen molar-refractivity contribution in [3.63, 3.8) is 0 Å². The van der Waals surface area contributed by atoms with E-state index in [0.717, 1.165) is 22.0 Å². The van der Waals surface area contributed by atoms with Crippen molar-refractivity contribution in [1.29, 1.82) is 0 Å². The smallest absolute Gasteiger partial charge is 0.339 e. The van der Waals surface area contributed by atoms with Gasteiger partial charge in [0.25, 0.3) is 0 Å². The van der Waals surface area contributed by atoms with E-state index in [2.05, 4.69) is 63.4 Å². The number of aromatic nitrogens is 1. The monoisotopic (exact) mass is 485 g/mol. The highest BCUT2D eigenvalue weighted by atomic mass is 16.6. The van der Waals surface area contributed by atoms with E-state index < -0.39 is 11.6 Å². The SMILES string of the molecule is C=C/C=C(\C(=C)C(=C)/C=C\C(=C)Cn1c(C)c(C)c2cc(C(=C)OCC)ccc21)C(=O)OC(C)(C)C. The van der Waals surface area contributed by atoms with Gasteiger partial charge < -0.3 is 14.0 Å². The summed E-state index contributed by atoms with van der Waals surface area (Å²) in [7, 11) is 0. The van der Waals surface area contributed by atoms with Crippen LogP contribution in [-0.4, -0.2) is 22.7 Å². The molecule has 36 heavy (non-hydrogen) atoms. The first-order valence-corrected chi connectivity index (χ1v) is 12.0. The number of hydrogen-bond donors (Lipinski definition) is 0. The molecule has 0 radical (unpaired) electrons. The Labute approximate surface area is 216 Å². The lowest BCUT2D eigenvalue weighted by Gasteiger charge is -2.21. The number of hydrogen-bond acceptors (Lipinski definition) is 3. The number of esters is 1. The van der Waals surface area contributed by atoms with Crippen LogP contribution in [0.25, 0.3) is 16.7 Å². The molecule has 4 nitrogen and oxygen atoms in total. The molecule has 0 fully saturated rings. The number of aryl methyl sites for hydroxylation is 1. The molecule has 1 aromatic carbocycles. The van der Waals surface area contributed by atoms with Gasteiger partial charge in [0.2, 0.25) is 0 Å². The second kappa shape index (κ2) is 11.8. The Morgan fingerprint density at radius 3 is 2.33 bits per heavy atom. The molecule has 1 heterocycles. The van der Waals surface area contributed by atoms with Crippen LogP contribution in [0, 0.1) is 13.8 Å². The first kappa shape index (κ1) is 28.4. The van der Waals surface area contributed by atoms with E-state index in [-0.39, 0.29) is 0 Å². The molecule has 0 atom stereocenters. The molecule has 0 amide bonds. The second-order valence-corrected chi connectivity index (χ2v) is 9.70. The summed E-state index contributed by atoms with van der Waals surface area (Å²) >= 11 is 0. The van der Waals surface area contributed by atoms with Crippen molar-refractivity contribution in [3.05, 3.63) is 115 Å². The molecular formula is C32H39NO3. The Hall–Kier alpha value is -3.79. The number of nitrogens with zero attached hydrogens (tertiary/aromatic N) is 1. The van der Waals surface area contributed by atoms with Crippen molar-refractivity contribution in [1.82, 2.24) is 4.57 Å². The van der Waals surface area contributed by atoms with Crippen LogP contribution in [0.3, 0.4) is 0 Å². The fourth-order valence-electron chi connectivity index (χ4n) is 3.78. The molecule has 1 aromatic heterocycles. The fraction of sp³-hybridized carbons (Fsp3) is 0.281. The minimum absolute atomic E-state index is 0.326. The van der Waals surface area contributed by atoms with E-state index in [1.807, 2.05) is 45.9 Å². The van der Waals surface area contributed by atoms with Gasteiger partial charge in [-0.2, -0.15) is 0 Å². The summed E-state index contributed by atoms with van der Waals surface area (Å²) in [6.07, 6.45) is 6.86. The molecular weight excluding hydrogens is 446 g/mol. The quantitative estimate of drug-likeness (QED) is 0.140. The lowest BCUT2D eigenvalue weighted by Crippen LogP contribution is -2.25. The van der Waals surface area contributed by atoms with Crippen molar-refractivity contribution >= 4 is 22.6 Å². The molecule has 190 valence electrons. The second-order valence-electron chi connectivity index (χ2n) is 9.70. The maximum absolute atomic E-state index is 12.6. The third kappa shape index (κ3) is 6.88. The van der Waals surface area contributed by atoms with Crippen LogP contribution < -0.4 is 0 Å². The van der Waals surface area contributed by atoms with Gasteiger partial charge in [-0.15, -0.1) is 0 Å². The number of benzene rings is 1. The Balaban J connectivity index is 2.23. The largest absolute Gasteiger partial charge is 0.494 e. The zero-order valence-electron chi connectivity index (χ0n) is 22.7. The topological polar surface area (TPSA) is 40.5 Å². The van der Waals surface area contributed by atoms with Gasteiger partial charge in [0.15, 0.2) is 0 Å². The molecule has 0 unspecified atom stereocenters. The van der Waals surface area contributed by atoms with E-state index in [1.54, 1.807) is 6.08 Å². The molecule has 0 bridgehead atoms. The van der Waals surface area contributed by atoms with Crippen molar-refractivity contribution < 1.29 is 14.3 Å². The predicted octanol–water partition coefficient (Wildman–Crippen LogP) is 7.94. The van der Waals surface area contributed by atoms with E-state index in [9.17, 15) is 4.79 Å². The first-order chi connectivity index (χ1) is 16.8. The van der Waals surface area contributed by atoms with Gasteiger partial charge in [-0.05, 0) is 88.1 Å². The molecule has 0 aliphatic rings. The van der Waals surface area contributed by atoms with Crippen LogP contribution in [0.5, 0.6) is 0 Å². The summed E-state index contributed by atoms with van der Waals surface area (Å²) in [6, 6.07) is 6.25. The Bertz CT molecular complexity index is 1290. The van der Waals surface area contributed by atoms with Crippen LogP contribution in [-0.2, 0) is 20.8 Å². The average molecular weight is 486 g/mol. The zero-order valence-corrected chi connectivity index (χ0v) is 22.7. The average Bonchev–Trinajstić information content (AvgIpc) is 3.03. The lowest BCUT2D eigenvalue weighted by atomic mass is 9.99. The highest BCUT2D eigenvalue weighted by Gasteiger charge is 2.22. The molecule has 0 aliphatic carbocycles. The van der Waals surface area contributed by atoms with Gasteiger partial charge in [-0.25, -0.2) is 4.79 Å². The van der Waals surface area contributed by atoms with Gasteiger partial charge in [0.05, 0.1) is 12.2 Å². The molecule has 0 saturated heterocycles. The van der Waals surface area contributed by atoms with E-state index >= 15 is 0 Å². The summed E-state index contributed by atoms with van der Waals surface area (Å²) in [5.41, 5.74) is 6.16. The van der Waals surface area contributed by atoms with Crippen molar-refractivity contribution in [2.75, 3.05) is 6.61 Å². The maximum atomic E-state index is 12.6. The summed E-state index contributed by atoms with van der Waals surface area (Å²) in [5, 5.41) is 1.16. The Kier molecular flexibility index (Phi) is 9.29. The number of carbonyl (C=O) groups is 1. The van der Waals surface area contributed by atoms with Crippen LogP contribution in [0.2, 0.25) is 0 Å². The standard InChI is InChI=1S/C32H39NO3/c1-12-14-28(31(34)36-32(9,10)11)23(5)22(4)16-15-21(3)20-33-25(7)24(6)29-19-27(17-18-30(29)33)26(8)35-13-2/h12,14-19H,1,3-5,8,13,20H2,2,6-7,9-11H3/b16-15-,28-14+. The third-order valence-electron chi connectivity index (χ3n) is 5.78. The first-order valence-electron chi connectivity index (χ1n) is 12.0. The lowest BCUT2D eigenvalue weighted by molar-refractivity contribution is -0.149. The van der Waals surface area contributed by atoms with Crippen molar-refractivity contribution in [2.24, 2.45) is 0 Å². The number of rotatable bonds is 11. The van der Waals surface area contributed by atoms with E-state index in [1.165, 1.54) is 17.3 Å². The van der Waals surface area contributed by atoms with E-state index in [4.69, 9.17) is 9.47 Å². The van der Waals surface area contributed by atoms with Crippen LogP contribution in [0.4, 0.5) is 0 Å². The molecule has 0 spiro atoms. The minimum Gasteiger partial charge on any atom is -0.494 e. The highest BCUT2D eigenvalue weighted by molar-refractivity contribution is 5.95. The molecule has 0 saturated carbocycles. The number of fused-ring (bicyclic) bond motifs is 1. The van der Waals surface area contributed by atoms with E-state index in [0.29, 0.717) is 35.6 Å². The third-order valence-corrected chi connectivity index (χ3v) is 5.78. The maximum Gasteiger partial charge on any atom is 0.339 e. The highest BCUT2D eigenvalue weighted by Crippen LogP contribution is 2.29. The van der Waals surface area contributed by atoms with Gasteiger partial charge in [-0.1, -0.05) is 51.1 Å². The fourth-order valence-corrected chi connectivity index (χ4v) is 3.78. The summed E-state index contributed by atoms with van der Waals surface area (Å²) < 4.78 is 13.3. The van der Waals surface area contributed by atoms with Crippen LogP contribution in [0.15, 0.2) is 97.7 Å². The van der Waals surface area contributed by atoms with Crippen LogP contribution >= 0.6 is 0 Å². The number of ether oxygens (including phenoxy) is 2. The summed E-state index contributed by atoms with van der Waals surface area (Å²) in [4.78, 5) is 12.6. The normalized spacial score (nSPS) is 12.0. The van der Waals surface area contributed by atoms with Gasteiger partial charge in [-0.3, -0.25) is 0 Å². The van der Waals surface area contributed by atoms with Gasteiger partial charge >= 0.3 is 5.97 Å². The zero-order chi connectivity index (χ0) is 27.2. The van der Waals surface area contributed by atoms with Crippen LogP contribution in [0.1, 0.15) is 44.5 Å². The van der Waals surface area contributed by atoms with Gasteiger partial charge in [0.1, 0.15) is 11.4 Å². The number of allylic oxidation sites excluding steroid dienone is 6. The summed E-state index contributed by atoms with van der Waals surface area (Å²) in [6.45, 7) is 33.0. The molecule has 4 heteroatoms. The molecule has 0 N–H and O–H groups in total. The number of carbonyl (C=O) groups excluding carboxylic acids is 1. The van der Waals surface area contributed by atoms with Gasteiger partial charge in [0, 0.05) is 28.7 Å². The minimum atomic E-state index is -0.615. The van der Waals surface area contributed by atoms with Crippen molar-refractivity contribution in [2.45, 2.75) is 53.7 Å².